The van der Waals surface area contributed by atoms with Crippen molar-refractivity contribution in [3.8, 4) is 0 Å². The molecule has 0 aliphatic carbocycles. The van der Waals surface area contributed by atoms with Crippen LogP contribution in [-0.2, 0) is 4.79 Å². The second-order valence-corrected chi connectivity index (χ2v) is 6.65. The van der Waals surface area contributed by atoms with Gasteiger partial charge in [0.25, 0.3) is 0 Å². The number of hydrogen-bond acceptors (Lipinski definition) is 3. The van der Waals surface area contributed by atoms with E-state index in [9.17, 15) is 10.0 Å². The van der Waals surface area contributed by atoms with Crippen LogP contribution >= 0.6 is 0 Å². The zero-order valence-corrected chi connectivity index (χ0v) is 15.7. The predicted octanol–water partition coefficient (Wildman–Crippen LogP) is 3.93. The molecule has 24 heavy (non-hydrogen) atoms. The molecule has 0 aromatic heterocycles. The highest BCUT2D eigenvalue weighted by atomic mass is 16.5. The van der Waals surface area contributed by atoms with Crippen LogP contribution in [0.15, 0.2) is 12.2 Å². The normalized spacial score (nSPS) is 12.8. The fourth-order valence-electron chi connectivity index (χ4n) is 2.74. The Hall–Kier alpha value is -0.710. The van der Waals surface area contributed by atoms with Crippen LogP contribution in [0.5, 0.6) is 0 Å². The fraction of sp³-hybridized carbons (Fsp3) is 0.850. The third-order valence-electron chi connectivity index (χ3n) is 4.32. The Kier molecular flexibility index (Phi) is 18.1. The average molecular weight is 342 g/mol. The van der Waals surface area contributed by atoms with E-state index in [0.717, 1.165) is 25.7 Å². The number of carbonyl (C=O) groups is 1. The standard InChI is InChI=1S/C20H39NO3/c1-2-3-4-5-6-7-8-9-10-11-12-13-14-15-16-17-20(23)21(24)18-19-22/h9-10,21-22H,2-8,11-19H2,1H3. The Balaban J connectivity index is 3.24. The molecule has 0 radical (unpaired) electrons. The molecule has 0 saturated heterocycles. The third-order valence-corrected chi connectivity index (χ3v) is 4.32. The quantitative estimate of drug-likeness (QED) is 0.239. The molecule has 1 unspecified atom stereocenters. The first-order valence-corrected chi connectivity index (χ1v) is 10.0. The summed E-state index contributed by atoms with van der Waals surface area (Å²) in [6.07, 6.45) is 20.9. The largest absolute Gasteiger partial charge is 0.627 e. The van der Waals surface area contributed by atoms with Gasteiger partial charge in [-0.1, -0.05) is 70.4 Å². The van der Waals surface area contributed by atoms with Crippen LogP contribution in [-0.4, -0.2) is 24.2 Å². The highest BCUT2D eigenvalue weighted by Crippen LogP contribution is 2.09. The summed E-state index contributed by atoms with van der Waals surface area (Å²) in [6, 6.07) is 0. The van der Waals surface area contributed by atoms with E-state index in [2.05, 4.69) is 19.1 Å². The van der Waals surface area contributed by atoms with Gasteiger partial charge in [-0.15, -0.1) is 0 Å². The second kappa shape index (κ2) is 18.6. The van der Waals surface area contributed by atoms with Gasteiger partial charge in [-0.2, -0.15) is 0 Å². The number of carbonyl (C=O) groups excluding carboxylic acids is 1. The molecule has 0 fully saturated rings. The number of aliphatic hydroxyl groups is 1. The Morgan fingerprint density at radius 1 is 0.875 bits per heavy atom. The lowest BCUT2D eigenvalue weighted by molar-refractivity contribution is -0.766. The molecular weight excluding hydrogens is 302 g/mol. The molecule has 0 aliphatic heterocycles. The lowest BCUT2D eigenvalue weighted by Gasteiger charge is -2.17. The topological polar surface area (TPSA) is 64.8 Å². The molecule has 142 valence electrons. The summed E-state index contributed by atoms with van der Waals surface area (Å²) in [6.45, 7) is 2.00. The number of amides is 1. The Morgan fingerprint density at radius 3 is 1.92 bits per heavy atom. The summed E-state index contributed by atoms with van der Waals surface area (Å²) < 4.78 is 0. The van der Waals surface area contributed by atoms with Crippen LogP contribution < -0.4 is 5.06 Å². The number of quaternary nitrogens is 1. The van der Waals surface area contributed by atoms with Gasteiger partial charge in [0.1, 0.15) is 6.54 Å². The van der Waals surface area contributed by atoms with Crippen molar-refractivity contribution in [3.05, 3.63) is 17.4 Å². The molecule has 0 rings (SSSR count). The van der Waals surface area contributed by atoms with E-state index in [0.29, 0.717) is 6.42 Å². The van der Waals surface area contributed by atoms with Gasteiger partial charge < -0.3 is 15.4 Å². The molecule has 4 nitrogen and oxygen atoms in total. The minimum absolute atomic E-state index is 0.0239. The smallest absolute Gasteiger partial charge is 0.312 e. The van der Waals surface area contributed by atoms with Gasteiger partial charge in [-0.25, -0.2) is 4.79 Å². The van der Waals surface area contributed by atoms with Gasteiger partial charge in [0.05, 0.1) is 13.0 Å². The van der Waals surface area contributed by atoms with E-state index in [1.807, 2.05) is 0 Å². The molecule has 4 heteroatoms. The maximum absolute atomic E-state index is 11.4. The number of aliphatic hydroxyl groups excluding tert-OH is 1. The number of allylic oxidation sites excluding steroid dienone is 2. The van der Waals surface area contributed by atoms with Crippen molar-refractivity contribution in [3.63, 3.8) is 0 Å². The maximum atomic E-state index is 11.4. The maximum Gasteiger partial charge on any atom is 0.312 e. The lowest BCUT2D eigenvalue weighted by atomic mass is 10.1. The molecule has 0 heterocycles. The first-order chi connectivity index (χ1) is 11.7. The first kappa shape index (κ1) is 23.3. The molecule has 0 aliphatic rings. The number of hydroxylamine groups is 2. The van der Waals surface area contributed by atoms with Crippen molar-refractivity contribution in [2.45, 2.75) is 96.8 Å². The lowest BCUT2D eigenvalue weighted by Crippen LogP contribution is -3.10. The summed E-state index contributed by atoms with van der Waals surface area (Å²) in [5.74, 6) is -0.318. The highest BCUT2D eigenvalue weighted by Gasteiger charge is 2.09. The molecule has 1 atom stereocenters. The molecule has 0 aromatic rings. The number of nitrogens with one attached hydrogen (secondary N) is 1. The molecule has 2 N–H and O–H groups in total. The zero-order valence-electron chi connectivity index (χ0n) is 15.7. The summed E-state index contributed by atoms with van der Waals surface area (Å²) in [7, 11) is 0. The van der Waals surface area contributed by atoms with E-state index in [-0.39, 0.29) is 19.1 Å². The highest BCUT2D eigenvalue weighted by molar-refractivity contribution is 5.66. The molecule has 0 bridgehead atoms. The van der Waals surface area contributed by atoms with Crippen molar-refractivity contribution >= 4 is 5.91 Å². The van der Waals surface area contributed by atoms with Crippen molar-refractivity contribution in [2.24, 2.45) is 0 Å². The summed E-state index contributed by atoms with van der Waals surface area (Å²) >= 11 is 0. The minimum atomic E-state index is -0.423. The molecule has 0 saturated carbocycles. The van der Waals surface area contributed by atoms with Crippen LogP contribution in [0.2, 0.25) is 0 Å². The van der Waals surface area contributed by atoms with E-state index in [4.69, 9.17) is 5.11 Å². The fourth-order valence-corrected chi connectivity index (χ4v) is 2.74. The van der Waals surface area contributed by atoms with Gasteiger partial charge >= 0.3 is 5.91 Å². The SMILES string of the molecule is CCCCCCCCC=CCCCCCCCC(=O)[NH+]([O-])CCO. The van der Waals surface area contributed by atoms with Gasteiger partial charge in [-0.05, 0) is 32.1 Å². The van der Waals surface area contributed by atoms with E-state index < -0.39 is 5.06 Å². The Labute approximate surface area is 148 Å². The van der Waals surface area contributed by atoms with Crippen LogP contribution in [0.25, 0.3) is 0 Å². The van der Waals surface area contributed by atoms with Crippen LogP contribution in [0.4, 0.5) is 0 Å². The van der Waals surface area contributed by atoms with Crippen molar-refractivity contribution < 1.29 is 15.0 Å². The summed E-state index contributed by atoms with van der Waals surface area (Å²) in [5, 5.41) is 19.4. The first-order valence-electron chi connectivity index (χ1n) is 10.0. The number of hydrogen-bond donors (Lipinski definition) is 2. The molecular formula is C20H39NO3. The zero-order chi connectivity index (χ0) is 17.9. The summed E-state index contributed by atoms with van der Waals surface area (Å²) in [5.41, 5.74) is 0. The van der Waals surface area contributed by atoms with Crippen LogP contribution in [0.3, 0.4) is 0 Å². The van der Waals surface area contributed by atoms with E-state index in [1.54, 1.807) is 0 Å². The average Bonchev–Trinajstić information content (AvgIpc) is 2.58. The predicted molar refractivity (Wildman–Crippen MR) is 101 cm³/mol. The van der Waals surface area contributed by atoms with Gasteiger partial charge in [-0.3, -0.25) is 0 Å². The van der Waals surface area contributed by atoms with Crippen molar-refractivity contribution in [1.82, 2.24) is 0 Å². The minimum Gasteiger partial charge on any atom is -0.627 e. The van der Waals surface area contributed by atoms with Crippen molar-refractivity contribution in [2.75, 3.05) is 13.2 Å². The second-order valence-electron chi connectivity index (χ2n) is 6.65. The molecule has 0 spiro atoms. The molecule has 0 aromatic carbocycles. The third kappa shape index (κ3) is 16.2. The van der Waals surface area contributed by atoms with Gasteiger partial charge in [0, 0.05) is 0 Å². The Morgan fingerprint density at radius 2 is 1.38 bits per heavy atom. The van der Waals surface area contributed by atoms with Crippen molar-refractivity contribution in [1.29, 1.82) is 0 Å². The monoisotopic (exact) mass is 341 g/mol. The number of rotatable bonds is 17. The van der Waals surface area contributed by atoms with Gasteiger partial charge in [0.2, 0.25) is 0 Å². The number of unbranched alkanes of at least 4 members (excludes halogenated alkanes) is 11. The van der Waals surface area contributed by atoms with Crippen LogP contribution in [0.1, 0.15) is 96.8 Å². The van der Waals surface area contributed by atoms with Gasteiger partial charge in [0.15, 0.2) is 0 Å². The Bertz CT molecular complexity index is 305. The van der Waals surface area contributed by atoms with Crippen LogP contribution in [0, 0.1) is 5.21 Å². The van der Waals surface area contributed by atoms with E-state index in [1.165, 1.54) is 57.8 Å². The molecule has 1 amide bonds. The summed E-state index contributed by atoms with van der Waals surface area (Å²) in [4.78, 5) is 11.4. The van der Waals surface area contributed by atoms with E-state index >= 15 is 0 Å².